The topological polar surface area (TPSA) is 75.7 Å². The molecule has 0 aromatic heterocycles. The summed E-state index contributed by atoms with van der Waals surface area (Å²) in [7, 11) is -3.98. The Labute approximate surface area is 218 Å². The standard InChI is InChI=1S/C30H30N2O4S/c1-22-9-15-29(16-10-22)37(34,35)32(27-18-23(2)17-24(3)19-27)20-30(33)31-26-11-13-28(14-12-26)36-21-25-7-5-4-6-8-25/h4-19H,20-21H2,1-3H3,(H,31,33). The van der Waals surface area contributed by atoms with E-state index in [1.165, 1.54) is 0 Å². The van der Waals surface area contributed by atoms with Crippen LogP contribution in [0.4, 0.5) is 11.4 Å². The van der Waals surface area contributed by atoms with Gasteiger partial charge in [0.25, 0.3) is 10.0 Å². The van der Waals surface area contributed by atoms with Gasteiger partial charge in [0.2, 0.25) is 5.91 Å². The van der Waals surface area contributed by atoms with Gasteiger partial charge in [-0.05, 0) is 86.0 Å². The number of benzene rings is 4. The van der Waals surface area contributed by atoms with Crippen molar-refractivity contribution in [2.24, 2.45) is 0 Å². The summed E-state index contributed by atoms with van der Waals surface area (Å²) in [5, 5.41) is 2.80. The van der Waals surface area contributed by atoms with Crippen LogP contribution in [0.25, 0.3) is 0 Å². The van der Waals surface area contributed by atoms with Crippen LogP contribution in [-0.2, 0) is 21.4 Å². The highest BCUT2D eigenvalue weighted by molar-refractivity contribution is 7.92. The number of anilines is 2. The monoisotopic (exact) mass is 514 g/mol. The minimum Gasteiger partial charge on any atom is -0.489 e. The van der Waals surface area contributed by atoms with Gasteiger partial charge in [0.1, 0.15) is 18.9 Å². The van der Waals surface area contributed by atoms with E-state index in [0.717, 1.165) is 26.6 Å². The molecule has 37 heavy (non-hydrogen) atoms. The largest absolute Gasteiger partial charge is 0.489 e. The van der Waals surface area contributed by atoms with Crippen molar-refractivity contribution in [1.29, 1.82) is 0 Å². The van der Waals surface area contributed by atoms with E-state index in [4.69, 9.17) is 4.74 Å². The van der Waals surface area contributed by atoms with Gasteiger partial charge >= 0.3 is 0 Å². The number of hydrogen-bond donors (Lipinski definition) is 1. The third-order valence-corrected chi connectivity index (χ3v) is 7.57. The van der Waals surface area contributed by atoms with Gasteiger partial charge in [0, 0.05) is 5.69 Å². The molecular formula is C30H30N2O4S. The molecule has 0 bridgehead atoms. The Kier molecular flexibility index (Phi) is 7.94. The van der Waals surface area contributed by atoms with Crippen LogP contribution in [0, 0.1) is 20.8 Å². The minimum atomic E-state index is -3.98. The Balaban J connectivity index is 1.51. The Morgan fingerprint density at radius 2 is 1.41 bits per heavy atom. The average molecular weight is 515 g/mol. The Bertz CT molecular complexity index is 1450. The van der Waals surface area contributed by atoms with Crippen LogP contribution < -0.4 is 14.4 Å². The molecule has 4 aromatic carbocycles. The summed E-state index contributed by atoms with van der Waals surface area (Å²) in [4.78, 5) is 13.2. The third kappa shape index (κ3) is 6.77. The van der Waals surface area contributed by atoms with Crippen molar-refractivity contribution >= 4 is 27.3 Å². The van der Waals surface area contributed by atoms with Gasteiger partial charge in [-0.3, -0.25) is 9.10 Å². The molecule has 4 rings (SSSR count). The van der Waals surface area contributed by atoms with Crippen LogP contribution in [0.2, 0.25) is 0 Å². The van der Waals surface area contributed by atoms with Gasteiger partial charge in [0.15, 0.2) is 0 Å². The first kappa shape index (κ1) is 26.0. The highest BCUT2D eigenvalue weighted by Crippen LogP contribution is 2.26. The predicted molar refractivity (Wildman–Crippen MR) is 147 cm³/mol. The summed E-state index contributed by atoms with van der Waals surface area (Å²) in [5.74, 6) is 0.216. The fourth-order valence-electron chi connectivity index (χ4n) is 3.95. The maximum atomic E-state index is 13.6. The van der Waals surface area contributed by atoms with E-state index in [0.29, 0.717) is 23.7 Å². The van der Waals surface area contributed by atoms with Crippen LogP contribution in [-0.4, -0.2) is 20.9 Å². The molecular weight excluding hydrogens is 484 g/mol. The SMILES string of the molecule is Cc1ccc(S(=O)(=O)N(CC(=O)Nc2ccc(OCc3ccccc3)cc2)c2cc(C)cc(C)c2)cc1. The molecule has 4 aromatic rings. The van der Waals surface area contributed by atoms with Gasteiger partial charge in [-0.2, -0.15) is 0 Å². The zero-order valence-electron chi connectivity index (χ0n) is 21.1. The molecule has 190 valence electrons. The molecule has 7 heteroatoms. The summed E-state index contributed by atoms with van der Waals surface area (Å²) < 4.78 is 34.2. The van der Waals surface area contributed by atoms with E-state index in [1.54, 1.807) is 60.7 Å². The molecule has 0 heterocycles. The summed E-state index contributed by atoms with van der Waals surface area (Å²) in [5.41, 5.74) is 4.81. The molecule has 0 aliphatic carbocycles. The minimum absolute atomic E-state index is 0.130. The zero-order valence-corrected chi connectivity index (χ0v) is 22.0. The third-order valence-electron chi connectivity index (χ3n) is 5.78. The number of carbonyl (C=O) groups is 1. The normalized spacial score (nSPS) is 11.1. The molecule has 0 radical (unpaired) electrons. The molecule has 0 unspecified atom stereocenters. The van der Waals surface area contributed by atoms with E-state index in [1.807, 2.05) is 57.2 Å². The van der Waals surface area contributed by atoms with Gasteiger partial charge in [-0.25, -0.2) is 8.42 Å². The molecule has 0 saturated carbocycles. The first-order chi connectivity index (χ1) is 17.7. The summed E-state index contributed by atoms with van der Waals surface area (Å²) >= 11 is 0. The van der Waals surface area contributed by atoms with Crippen molar-refractivity contribution < 1.29 is 17.9 Å². The number of nitrogens with zero attached hydrogens (tertiary/aromatic N) is 1. The van der Waals surface area contributed by atoms with Crippen LogP contribution in [0.3, 0.4) is 0 Å². The zero-order chi connectivity index (χ0) is 26.4. The second-order valence-electron chi connectivity index (χ2n) is 9.02. The highest BCUT2D eigenvalue weighted by atomic mass is 32.2. The summed E-state index contributed by atoms with van der Waals surface area (Å²) in [6.07, 6.45) is 0. The molecule has 1 amide bonds. The van der Waals surface area contributed by atoms with Gasteiger partial charge in [-0.15, -0.1) is 0 Å². The lowest BCUT2D eigenvalue weighted by atomic mass is 10.1. The Morgan fingerprint density at radius 3 is 2.03 bits per heavy atom. The highest BCUT2D eigenvalue weighted by Gasteiger charge is 2.27. The van der Waals surface area contributed by atoms with Crippen molar-refractivity contribution in [3.05, 3.63) is 119 Å². The lowest BCUT2D eigenvalue weighted by molar-refractivity contribution is -0.114. The maximum absolute atomic E-state index is 13.6. The molecule has 0 saturated heterocycles. The van der Waals surface area contributed by atoms with Gasteiger partial charge < -0.3 is 10.1 Å². The van der Waals surface area contributed by atoms with E-state index >= 15 is 0 Å². The van der Waals surface area contributed by atoms with Crippen LogP contribution in [0.5, 0.6) is 5.75 Å². The summed E-state index contributed by atoms with van der Waals surface area (Å²) in [6, 6.07) is 28.9. The first-order valence-electron chi connectivity index (χ1n) is 11.9. The fourth-order valence-corrected chi connectivity index (χ4v) is 5.36. The Hall–Kier alpha value is -4.10. The fraction of sp³-hybridized carbons (Fsp3) is 0.167. The molecule has 6 nitrogen and oxygen atoms in total. The van der Waals surface area contributed by atoms with Crippen molar-refractivity contribution in [3.8, 4) is 5.75 Å². The predicted octanol–water partition coefficient (Wildman–Crippen LogP) is 6.02. The van der Waals surface area contributed by atoms with Crippen molar-refractivity contribution in [2.75, 3.05) is 16.2 Å². The van der Waals surface area contributed by atoms with Crippen LogP contribution in [0.15, 0.2) is 102 Å². The van der Waals surface area contributed by atoms with E-state index in [-0.39, 0.29) is 11.4 Å². The summed E-state index contributed by atoms with van der Waals surface area (Å²) in [6.45, 7) is 5.76. The number of carbonyl (C=O) groups excluding carboxylic acids is 1. The van der Waals surface area contributed by atoms with Crippen LogP contribution >= 0.6 is 0 Å². The van der Waals surface area contributed by atoms with E-state index in [9.17, 15) is 13.2 Å². The molecule has 0 fully saturated rings. The van der Waals surface area contributed by atoms with Gasteiger partial charge in [0.05, 0.1) is 10.6 Å². The number of sulfonamides is 1. The molecule has 1 N–H and O–H groups in total. The van der Waals surface area contributed by atoms with Crippen molar-refractivity contribution in [2.45, 2.75) is 32.3 Å². The molecule has 0 aliphatic rings. The molecule has 0 atom stereocenters. The number of nitrogens with one attached hydrogen (secondary N) is 1. The number of ether oxygens (including phenoxy) is 1. The van der Waals surface area contributed by atoms with Crippen molar-refractivity contribution in [1.82, 2.24) is 0 Å². The van der Waals surface area contributed by atoms with E-state index in [2.05, 4.69) is 5.32 Å². The second-order valence-corrected chi connectivity index (χ2v) is 10.9. The number of amides is 1. The second kappa shape index (κ2) is 11.3. The van der Waals surface area contributed by atoms with E-state index < -0.39 is 15.9 Å². The van der Waals surface area contributed by atoms with Gasteiger partial charge in [-0.1, -0.05) is 54.1 Å². The quantitative estimate of drug-likeness (QED) is 0.296. The number of rotatable bonds is 9. The lowest BCUT2D eigenvalue weighted by Gasteiger charge is -2.25. The Morgan fingerprint density at radius 1 is 0.784 bits per heavy atom. The number of hydrogen-bond acceptors (Lipinski definition) is 4. The smallest absolute Gasteiger partial charge is 0.264 e. The average Bonchev–Trinajstić information content (AvgIpc) is 2.87. The molecule has 0 aliphatic heterocycles. The van der Waals surface area contributed by atoms with Crippen molar-refractivity contribution in [3.63, 3.8) is 0 Å². The molecule has 0 spiro atoms. The first-order valence-corrected chi connectivity index (χ1v) is 13.4. The lowest BCUT2D eigenvalue weighted by Crippen LogP contribution is -2.38. The number of aryl methyl sites for hydroxylation is 3. The maximum Gasteiger partial charge on any atom is 0.264 e. The van der Waals surface area contributed by atoms with Crippen LogP contribution in [0.1, 0.15) is 22.3 Å².